The molecule has 1 amide bonds. The summed E-state index contributed by atoms with van der Waals surface area (Å²) in [6.07, 6.45) is 0. The van der Waals surface area contributed by atoms with Crippen LogP contribution in [0.1, 0.15) is 12.5 Å². The lowest BCUT2D eigenvalue weighted by atomic mass is 10.2. The topological polar surface area (TPSA) is 86.1 Å². The maximum Gasteiger partial charge on any atom is 0.279 e. The molecule has 2 aromatic rings. The van der Waals surface area contributed by atoms with E-state index in [2.05, 4.69) is 21.0 Å². The van der Waals surface area contributed by atoms with Crippen LogP contribution in [0.2, 0.25) is 0 Å². The highest BCUT2D eigenvalue weighted by Crippen LogP contribution is 2.13. The van der Waals surface area contributed by atoms with Crippen molar-refractivity contribution in [2.45, 2.75) is 13.8 Å². The van der Waals surface area contributed by atoms with Gasteiger partial charge in [0, 0.05) is 5.69 Å². The van der Waals surface area contributed by atoms with E-state index in [1.165, 1.54) is 0 Å². The second-order valence-electron chi connectivity index (χ2n) is 4.89. The quantitative estimate of drug-likeness (QED) is 0.450. The van der Waals surface area contributed by atoms with Crippen LogP contribution in [0.3, 0.4) is 0 Å². The summed E-state index contributed by atoms with van der Waals surface area (Å²) in [6, 6.07) is 16.5. The van der Waals surface area contributed by atoms with Gasteiger partial charge in [0.25, 0.3) is 5.91 Å². The van der Waals surface area contributed by atoms with E-state index in [-0.39, 0.29) is 11.4 Å². The summed E-state index contributed by atoms with van der Waals surface area (Å²) < 4.78 is 0. The highest BCUT2D eigenvalue weighted by molar-refractivity contribution is 6.68. The van der Waals surface area contributed by atoms with E-state index in [0.29, 0.717) is 5.69 Å². The van der Waals surface area contributed by atoms with Crippen LogP contribution in [-0.4, -0.2) is 22.5 Å². The van der Waals surface area contributed by atoms with E-state index in [9.17, 15) is 4.79 Å². The van der Waals surface area contributed by atoms with Crippen LogP contribution in [0.5, 0.6) is 0 Å². The summed E-state index contributed by atoms with van der Waals surface area (Å²) >= 11 is 0. The molecule has 0 saturated carbocycles. The Hall–Kier alpha value is -3.15. The van der Waals surface area contributed by atoms with E-state index >= 15 is 0 Å². The molecule has 0 spiro atoms. The Labute approximate surface area is 134 Å². The van der Waals surface area contributed by atoms with Gasteiger partial charge in [-0.1, -0.05) is 41.6 Å². The van der Waals surface area contributed by atoms with Gasteiger partial charge in [-0.25, -0.2) is 0 Å². The van der Waals surface area contributed by atoms with Crippen molar-refractivity contribution < 1.29 is 10.0 Å². The highest BCUT2D eigenvalue weighted by atomic mass is 16.4. The lowest BCUT2D eigenvalue weighted by Gasteiger charge is -2.08. The van der Waals surface area contributed by atoms with Gasteiger partial charge in [0.05, 0.1) is 11.4 Å². The number of carbonyl (C=O) groups excluding carboxylic acids is 1. The maximum absolute atomic E-state index is 12.2. The van der Waals surface area contributed by atoms with Crippen LogP contribution in [0, 0.1) is 6.92 Å². The molecule has 0 unspecified atom stereocenters. The second-order valence-corrected chi connectivity index (χ2v) is 4.89. The number of benzene rings is 2. The largest absolute Gasteiger partial charge is 0.410 e. The van der Waals surface area contributed by atoms with Crippen molar-refractivity contribution >= 4 is 28.7 Å². The zero-order chi connectivity index (χ0) is 16.7. The van der Waals surface area contributed by atoms with Gasteiger partial charge in [-0.3, -0.25) is 10.2 Å². The third-order valence-corrected chi connectivity index (χ3v) is 3.18. The summed E-state index contributed by atoms with van der Waals surface area (Å²) in [4.78, 5) is 12.2. The minimum Gasteiger partial charge on any atom is -0.410 e. The molecule has 0 aromatic heterocycles. The fraction of sp³-hybridized carbons (Fsp3) is 0.118. The van der Waals surface area contributed by atoms with Gasteiger partial charge in [0.1, 0.15) is 0 Å². The molecule has 0 aliphatic carbocycles. The number of carbonyl (C=O) groups is 1. The average Bonchev–Trinajstić information content (AvgIpc) is 2.55. The summed E-state index contributed by atoms with van der Waals surface area (Å²) in [5, 5.41) is 18.9. The van der Waals surface area contributed by atoms with E-state index in [0.717, 1.165) is 11.3 Å². The molecule has 2 aromatic carbocycles. The number of oxime groups is 1. The molecule has 2 rings (SSSR count). The van der Waals surface area contributed by atoms with Crippen molar-refractivity contribution in [3.05, 3.63) is 60.2 Å². The molecule has 0 aliphatic rings. The molecule has 118 valence electrons. The van der Waals surface area contributed by atoms with Crippen molar-refractivity contribution in [1.82, 2.24) is 0 Å². The first-order valence-corrected chi connectivity index (χ1v) is 7.06. The molecular weight excluding hydrogens is 292 g/mol. The number of hydrogen-bond acceptors (Lipinski definition) is 5. The van der Waals surface area contributed by atoms with Crippen LogP contribution in [0.15, 0.2) is 64.9 Å². The van der Waals surface area contributed by atoms with Gasteiger partial charge in [-0.2, -0.15) is 5.10 Å². The van der Waals surface area contributed by atoms with E-state index in [1.54, 1.807) is 31.2 Å². The number of hydrazone groups is 1. The number of nitrogens with zero attached hydrogens (tertiary/aromatic N) is 2. The number of hydrogen-bond donors (Lipinski definition) is 3. The average molecular weight is 310 g/mol. The molecule has 0 saturated heterocycles. The fourth-order valence-corrected chi connectivity index (χ4v) is 1.89. The highest BCUT2D eigenvalue weighted by Gasteiger charge is 2.16. The number of rotatable bonds is 5. The first-order valence-electron chi connectivity index (χ1n) is 7.06. The van der Waals surface area contributed by atoms with E-state index < -0.39 is 5.91 Å². The molecule has 3 N–H and O–H groups in total. The monoisotopic (exact) mass is 310 g/mol. The predicted molar refractivity (Wildman–Crippen MR) is 92.2 cm³/mol. The number of anilines is 2. The molecule has 0 radical (unpaired) electrons. The first kappa shape index (κ1) is 16.2. The Morgan fingerprint density at radius 2 is 1.70 bits per heavy atom. The number of nitrogens with one attached hydrogen (secondary N) is 2. The summed E-state index contributed by atoms with van der Waals surface area (Å²) in [5.41, 5.74) is 5.41. The molecule has 0 heterocycles. The van der Waals surface area contributed by atoms with Gasteiger partial charge < -0.3 is 10.5 Å². The van der Waals surface area contributed by atoms with Crippen LogP contribution in [0.4, 0.5) is 11.4 Å². The van der Waals surface area contributed by atoms with Crippen LogP contribution in [0.25, 0.3) is 0 Å². The summed E-state index contributed by atoms with van der Waals surface area (Å²) in [7, 11) is 0. The van der Waals surface area contributed by atoms with Gasteiger partial charge in [-0.05, 0) is 37.6 Å². The normalized spacial score (nSPS) is 11.9. The second kappa shape index (κ2) is 7.74. The number of para-hydroxylation sites is 2. The van der Waals surface area contributed by atoms with Crippen molar-refractivity contribution in [2.75, 3.05) is 10.7 Å². The minimum atomic E-state index is -0.536. The number of amides is 1. The summed E-state index contributed by atoms with van der Waals surface area (Å²) in [5.74, 6) is -0.536. The molecule has 0 aliphatic heterocycles. The molecule has 0 fully saturated rings. The van der Waals surface area contributed by atoms with Crippen LogP contribution in [-0.2, 0) is 4.79 Å². The van der Waals surface area contributed by atoms with Crippen molar-refractivity contribution in [1.29, 1.82) is 0 Å². The molecule has 0 atom stereocenters. The lowest BCUT2D eigenvalue weighted by molar-refractivity contribution is -0.110. The first-order chi connectivity index (χ1) is 11.1. The fourth-order valence-electron chi connectivity index (χ4n) is 1.89. The molecule has 6 nitrogen and oxygen atoms in total. The van der Waals surface area contributed by atoms with Gasteiger partial charge in [-0.15, -0.1) is 0 Å². The Morgan fingerprint density at radius 3 is 2.35 bits per heavy atom. The van der Waals surface area contributed by atoms with E-state index in [4.69, 9.17) is 5.21 Å². The third-order valence-electron chi connectivity index (χ3n) is 3.18. The molecule has 0 bridgehead atoms. The van der Waals surface area contributed by atoms with Gasteiger partial charge in [0.2, 0.25) is 0 Å². The zero-order valence-electron chi connectivity index (χ0n) is 12.9. The smallest absolute Gasteiger partial charge is 0.279 e. The third kappa shape index (κ3) is 4.41. The standard InChI is InChI=1S/C17H18N4O2/c1-12-8-6-7-11-15(12)20-19-13(2)16(21-23)17(22)18-14-9-4-3-5-10-14/h3-11,20,23H,1-2H3,(H,18,22). The molecular formula is C17H18N4O2. The van der Waals surface area contributed by atoms with Crippen molar-refractivity contribution in [3.8, 4) is 0 Å². The van der Waals surface area contributed by atoms with Crippen molar-refractivity contribution in [2.24, 2.45) is 10.3 Å². The predicted octanol–water partition coefficient (Wildman–Crippen LogP) is 3.25. The van der Waals surface area contributed by atoms with Gasteiger partial charge >= 0.3 is 0 Å². The van der Waals surface area contributed by atoms with Crippen LogP contribution < -0.4 is 10.7 Å². The zero-order valence-corrected chi connectivity index (χ0v) is 12.9. The Bertz CT molecular complexity index is 739. The Morgan fingerprint density at radius 1 is 1.04 bits per heavy atom. The van der Waals surface area contributed by atoms with E-state index in [1.807, 2.05) is 37.3 Å². The molecule has 6 heteroatoms. The Kier molecular flexibility index (Phi) is 5.46. The molecule has 23 heavy (non-hydrogen) atoms. The minimum absolute atomic E-state index is 0.157. The lowest BCUT2D eigenvalue weighted by Crippen LogP contribution is -2.29. The number of aryl methyl sites for hydroxylation is 1. The van der Waals surface area contributed by atoms with Crippen LogP contribution >= 0.6 is 0 Å². The van der Waals surface area contributed by atoms with Gasteiger partial charge in [0.15, 0.2) is 5.71 Å². The Balaban J connectivity index is 2.09. The SMILES string of the molecule is CC(=NNc1ccccc1C)C(=NO)C(=O)Nc1ccccc1. The maximum atomic E-state index is 12.2. The summed E-state index contributed by atoms with van der Waals surface area (Å²) in [6.45, 7) is 3.53. The van der Waals surface area contributed by atoms with Crippen molar-refractivity contribution in [3.63, 3.8) is 0 Å².